The van der Waals surface area contributed by atoms with Gasteiger partial charge in [0.25, 0.3) is 5.91 Å². The van der Waals surface area contributed by atoms with Crippen molar-refractivity contribution in [3.05, 3.63) is 23.8 Å². The van der Waals surface area contributed by atoms with Crippen molar-refractivity contribution in [2.45, 2.75) is 5.51 Å². The predicted octanol–water partition coefficient (Wildman–Crippen LogP) is 1.96. The predicted molar refractivity (Wildman–Crippen MR) is 63.4 cm³/mol. The minimum Gasteiger partial charge on any atom is -0.505 e. The average Bonchev–Trinajstić information content (AvgIpc) is 2.26. The molecule has 0 aromatic heterocycles. The number of amides is 1. The van der Waals surface area contributed by atoms with Crippen LogP contribution in [-0.2, 0) is 0 Å². The van der Waals surface area contributed by atoms with Gasteiger partial charge in [-0.2, -0.15) is 13.2 Å². The van der Waals surface area contributed by atoms with Gasteiger partial charge in [-0.1, -0.05) is 6.07 Å². The lowest BCUT2D eigenvalue weighted by molar-refractivity contribution is -0.0327. The minimum absolute atomic E-state index is 0.0346. The van der Waals surface area contributed by atoms with E-state index < -0.39 is 11.4 Å². The van der Waals surface area contributed by atoms with Gasteiger partial charge in [0.15, 0.2) is 5.75 Å². The number of hydrogen-bond acceptors (Lipinski definition) is 4. The second-order valence-electron chi connectivity index (χ2n) is 3.29. The fourth-order valence-electron chi connectivity index (χ4n) is 1.17. The molecule has 0 spiro atoms. The number of hydrogen-bond donors (Lipinski definition) is 3. The third-order valence-corrected chi connectivity index (χ3v) is 2.70. The van der Waals surface area contributed by atoms with Crippen molar-refractivity contribution in [3.8, 4) is 5.75 Å². The van der Waals surface area contributed by atoms with Crippen LogP contribution in [-0.4, -0.2) is 28.8 Å². The number of rotatable bonds is 4. The third kappa shape index (κ3) is 4.36. The number of halogens is 3. The molecule has 1 amide bonds. The van der Waals surface area contributed by atoms with Crippen molar-refractivity contribution in [2.75, 3.05) is 18.0 Å². The van der Waals surface area contributed by atoms with Crippen molar-refractivity contribution >= 4 is 23.4 Å². The van der Waals surface area contributed by atoms with Crippen molar-refractivity contribution in [1.29, 1.82) is 0 Å². The molecule has 0 saturated heterocycles. The summed E-state index contributed by atoms with van der Waals surface area (Å²) in [6, 6.07) is 4.21. The normalized spacial score (nSPS) is 11.3. The molecule has 18 heavy (non-hydrogen) atoms. The average molecular weight is 280 g/mol. The summed E-state index contributed by atoms with van der Waals surface area (Å²) in [5, 5.41) is 11.7. The molecule has 1 aromatic carbocycles. The van der Waals surface area contributed by atoms with Crippen molar-refractivity contribution in [2.24, 2.45) is 0 Å². The third-order valence-electron chi connectivity index (χ3n) is 1.97. The molecule has 0 aliphatic carbocycles. The summed E-state index contributed by atoms with van der Waals surface area (Å²) in [5.74, 6) is -1.33. The molecule has 0 saturated carbocycles. The van der Waals surface area contributed by atoms with Crippen LogP contribution in [0.15, 0.2) is 18.2 Å². The zero-order valence-corrected chi connectivity index (χ0v) is 9.94. The van der Waals surface area contributed by atoms with Gasteiger partial charge >= 0.3 is 5.51 Å². The van der Waals surface area contributed by atoms with Gasteiger partial charge in [-0.15, -0.1) is 0 Å². The van der Waals surface area contributed by atoms with E-state index in [1.165, 1.54) is 18.2 Å². The quantitative estimate of drug-likeness (QED) is 0.448. The number of para-hydroxylation sites is 1. The molecule has 0 heterocycles. The molecule has 0 radical (unpaired) electrons. The summed E-state index contributed by atoms with van der Waals surface area (Å²) in [7, 11) is 0. The number of benzene rings is 1. The molecule has 100 valence electrons. The number of aromatic hydroxyl groups is 1. The van der Waals surface area contributed by atoms with E-state index in [1.807, 2.05) is 0 Å². The van der Waals surface area contributed by atoms with Crippen molar-refractivity contribution in [1.82, 2.24) is 5.32 Å². The van der Waals surface area contributed by atoms with Gasteiger partial charge in [0.05, 0.1) is 11.3 Å². The molecule has 0 aliphatic rings. The Hall–Kier alpha value is -1.57. The Morgan fingerprint density at radius 2 is 2.11 bits per heavy atom. The first kappa shape index (κ1) is 14.5. The highest BCUT2D eigenvalue weighted by Gasteiger charge is 2.27. The minimum atomic E-state index is -4.32. The van der Waals surface area contributed by atoms with Crippen LogP contribution >= 0.6 is 11.8 Å². The van der Waals surface area contributed by atoms with E-state index in [9.17, 15) is 23.1 Å². The standard InChI is InChI=1S/C10H11F3N2O2S/c11-10(12,13)18-5-4-15-9(17)6-2-1-3-7(14)8(6)16/h1-3,16H,4-5,14H2,(H,15,17). The molecule has 4 nitrogen and oxygen atoms in total. The fourth-order valence-corrected chi connectivity index (χ4v) is 1.61. The lowest BCUT2D eigenvalue weighted by Gasteiger charge is -2.09. The number of nitrogens with two attached hydrogens (primary N) is 1. The molecule has 1 rings (SSSR count). The highest BCUT2D eigenvalue weighted by atomic mass is 32.2. The largest absolute Gasteiger partial charge is 0.505 e. The lowest BCUT2D eigenvalue weighted by Crippen LogP contribution is -2.26. The first-order valence-corrected chi connectivity index (χ1v) is 5.86. The summed E-state index contributed by atoms with van der Waals surface area (Å²) in [5.41, 5.74) is 1.04. The van der Waals surface area contributed by atoms with E-state index in [4.69, 9.17) is 5.73 Å². The van der Waals surface area contributed by atoms with Gasteiger partial charge in [-0.3, -0.25) is 4.79 Å². The monoisotopic (exact) mass is 280 g/mol. The number of carbonyl (C=O) groups excluding carboxylic acids is 1. The highest BCUT2D eigenvalue weighted by Crippen LogP contribution is 2.29. The molecule has 0 aliphatic heterocycles. The maximum absolute atomic E-state index is 11.8. The van der Waals surface area contributed by atoms with Crippen LogP contribution in [0.5, 0.6) is 5.75 Å². The molecule has 0 atom stereocenters. The number of phenolic OH excluding ortho intramolecular Hbond substituents is 1. The fraction of sp³-hybridized carbons (Fsp3) is 0.300. The summed E-state index contributed by atoms with van der Waals surface area (Å²) in [4.78, 5) is 11.5. The summed E-state index contributed by atoms with van der Waals surface area (Å²) in [6.45, 7) is -0.156. The molecule has 0 fully saturated rings. The number of nitrogens with one attached hydrogen (secondary N) is 1. The lowest BCUT2D eigenvalue weighted by atomic mass is 10.1. The molecular weight excluding hydrogens is 269 g/mol. The van der Waals surface area contributed by atoms with Gasteiger partial charge in [-0.25, -0.2) is 0 Å². The first-order chi connectivity index (χ1) is 8.31. The zero-order valence-electron chi connectivity index (χ0n) is 9.12. The second-order valence-corrected chi connectivity index (χ2v) is 4.45. The van der Waals surface area contributed by atoms with Crippen LogP contribution in [0.2, 0.25) is 0 Å². The van der Waals surface area contributed by atoms with E-state index in [0.717, 1.165) is 0 Å². The number of alkyl halides is 3. The summed E-state index contributed by atoms with van der Waals surface area (Å²) < 4.78 is 35.4. The molecular formula is C10H11F3N2O2S. The first-order valence-electron chi connectivity index (χ1n) is 4.87. The summed E-state index contributed by atoms with van der Waals surface area (Å²) in [6.07, 6.45) is 0. The topological polar surface area (TPSA) is 75.4 Å². The Morgan fingerprint density at radius 1 is 1.44 bits per heavy atom. The van der Waals surface area contributed by atoms with E-state index in [2.05, 4.69) is 5.32 Å². The number of thioether (sulfide) groups is 1. The van der Waals surface area contributed by atoms with Crippen LogP contribution in [0, 0.1) is 0 Å². The van der Waals surface area contributed by atoms with Crippen molar-refractivity contribution in [3.63, 3.8) is 0 Å². The smallest absolute Gasteiger partial charge is 0.441 e. The van der Waals surface area contributed by atoms with Crippen LogP contribution in [0.1, 0.15) is 10.4 Å². The Labute approximate surface area is 105 Å². The molecule has 0 bridgehead atoms. The van der Waals surface area contributed by atoms with E-state index in [1.54, 1.807) is 0 Å². The maximum Gasteiger partial charge on any atom is 0.441 e. The number of nitrogen functional groups attached to an aromatic ring is 1. The Kier molecular flexibility index (Phi) is 4.71. The van der Waals surface area contributed by atoms with Crippen LogP contribution in [0.3, 0.4) is 0 Å². The zero-order chi connectivity index (χ0) is 13.8. The number of anilines is 1. The summed E-state index contributed by atoms with van der Waals surface area (Å²) >= 11 is -0.224. The van der Waals surface area contributed by atoms with Gasteiger partial charge in [-0.05, 0) is 23.9 Å². The second kappa shape index (κ2) is 5.85. The SMILES string of the molecule is Nc1cccc(C(=O)NCCSC(F)(F)F)c1O. The van der Waals surface area contributed by atoms with E-state index in [-0.39, 0.29) is 41.1 Å². The molecule has 1 aromatic rings. The van der Waals surface area contributed by atoms with Gasteiger partial charge in [0, 0.05) is 12.3 Å². The van der Waals surface area contributed by atoms with Crippen LogP contribution in [0.4, 0.5) is 18.9 Å². The van der Waals surface area contributed by atoms with Gasteiger partial charge < -0.3 is 16.2 Å². The van der Waals surface area contributed by atoms with Gasteiger partial charge in [0.2, 0.25) is 0 Å². The van der Waals surface area contributed by atoms with Crippen LogP contribution < -0.4 is 11.1 Å². The Balaban J connectivity index is 2.49. The Bertz CT molecular complexity index is 438. The number of carbonyl (C=O) groups is 1. The highest BCUT2D eigenvalue weighted by molar-refractivity contribution is 8.00. The van der Waals surface area contributed by atoms with E-state index in [0.29, 0.717) is 0 Å². The van der Waals surface area contributed by atoms with Gasteiger partial charge in [0.1, 0.15) is 0 Å². The van der Waals surface area contributed by atoms with Crippen LogP contribution in [0.25, 0.3) is 0 Å². The number of phenols is 1. The maximum atomic E-state index is 11.8. The molecule has 4 N–H and O–H groups in total. The Morgan fingerprint density at radius 3 is 2.72 bits per heavy atom. The van der Waals surface area contributed by atoms with E-state index >= 15 is 0 Å². The molecule has 8 heteroatoms. The van der Waals surface area contributed by atoms with Crippen molar-refractivity contribution < 1.29 is 23.1 Å². The molecule has 0 unspecified atom stereocenters.